The predicted octanol–water partition coefficient (Wildman–Crippen LogP) is 13.1. The molecule has 0 amide bonds. The summed E-state index contributed by atoms with van der Waals surface area (Å²) in [6.45, 7) is 14.0. The molecule has 73 heavy (non-hydrogen) atoms. The summed E-state index contributed by atoms with van der Waals surface area (Å²) in [5.41, 5.74) is 12.3. The van der Waals surface area contributed by atoms with Crippen molar-refractivity contribution in [3.8, 4) is 11.5 Å². The van der Waals surface area contributed by atoms with Gasteiger partial charge in [0.25, 0.3) is 0 Å². The van der Waals surface area contributed by atoms with Crippen molar-refractivity contribution in [1.82, 2.24) is 0 Å². The van der Waals surface area contributed by atoms with Gasteiger partial charge in [-0.15, -0.1) is 0 Å². The molecule has 0 radical (unpaired) electrons. The lowest BCUT2D eigenvalue weighted by Gasteiger charge is -2.34. The molecule has 7 nitrogen and oxygen atoms in total. The van der Waals surface area contributed by atoms with Gasteiger partial charge in [-0.2, -0.15) is 0 Å². The van der Waals surface area contributed by atoms with Crippen LogP contribution in [-0.4, -0.2) is 63.1 Å². The molecule has 8 unspecified atom stereocenters. The van der Waals surface area contributed by atoms with Crippen LogP contribution in [0, 0.1) is 0 Å². The number of fused-ring (bicyclic) bond motifs is 7. The van der Waals surface area contributed by atoms with E-state index in [4.69, 9.17) is 28.4 Å². The van der Waals surface area contributed by atoms with Gasteiger partial charge in [0.15, 0.2) is 0 Å². The molecule has 13 rings (SSSR count). The number of hydrogen-bond acceptors (Lipinski definition) is 7. The average Bonchev–Trinajstić information content (AvgIpc) is 4.39. The Morgan fingerprint density at radius 3 is 1.62 bits per heavy atom. The molecule has 0 aromatic heterocycles. The van der Waals surface area contributed by atoms with E-state index in [9.17, 15) is 5.11 Å². The molecule has 0 saturated carbocycles. The first kappa shape index (κ1) is 46.5. The summed E-state index contributed by atoms with van der Waals surface area (Å²) in [5, 5.41) is 16.5. The molecule has 2 saturated heterocycles. The Bertz CT molecular complexity index is 3370. The van der Waals surface area contributed by atoms with E-state index in [1.165, 1.54) is 77.2 Å². The number of aliphatic hydroxyl groups is 1. The molecule has 1 N–H and O–H groups in total. The summed E-state index contributed by atoms with van der Waals surface area (Å²) in [6, 6.07) is 60.1. The Kier molecular flexibility index (Phi) is 11.3. The van der Waals surface area contributed by atoms with E-state index in [0.717, 1.165) is 37.4 Å². The van der Waals surface area contributed by atoms with Crippen molar-refractivity contribution >= 4 is 21.5 Å². The third-order valence-corrected chi connectivity index (χ3v) is 17.2. The number of epoxide rings is 2. The fourth-order valence-corrected chi connectivity index (χ4v) is 13.0. The topological polar surface area (TPSA) is 82.2 Å². The van der Waals surface area contributed by atoms with Crippen molar-refractivity contribution in [2.45, 2.75) is 99.6 Å². The van der Waals surface area contributed by atoms with Crippen LogP contribution >= 0.6 is 0 Å². The Balaban J connectivity index is 0.726. The molecule has 0 spiro atoms. The largest absolute Gasteiger partial charge is 0.491 e. The molecule has 370 valence electrons. The first-order chi connectivity index (χ1) is 35.4. The second-order valence-electron chi connectivity index (χ2n) is 22.3. The summed E-state index contributed by atoms with van der Waals surface area (Å²) >= 11 is 0. The molecule has 2 aliphatic heterocycles. The third-order valence-electron chi connectivity index (χ3n) is 17.2. The molecule has 2 fully saturated rings. The van der Waals surface area contributed by atoms with Crippen LogP contribution in [0.3, 0.4) is 0 Å². The van der Waals surface area contributed by atoms with Crippen molar-refractivity contribution in [2.75, 3.05) is 39.6 Å². The molecule has 7 heteroatoms. The lowest BCUT2D eigenvalue weighted by molar-refractivity contribution is -0.0717. The smallest absolute Gasteiger partial charge is 0.119 e. The van der Waals surface area contributed by atoms with Crippen molar-refractivity contribution in [3.05, 3.63) is 225 Å². The fourth-order valence-electron chi connectivity index (χ4n) is 13.0. The van der Waals surface area contributed by atoms with Crippen LogP contribution in [-0.2, 0) is 41.0 Å². The van der Waals surface area contributed by atoms with Crippen molar-refractivity contribution in [2.24, 2.45) is 0 Å². The maximum absolute atomic E-state index is 11.4. The quantitative estimate of drug-likeness (QED) is 0.0910. The van der Waals surface area contributed by atoms with Crippen LogP contribution in [0.15, 0.2) is 164 Å². The summed E-state index contributed by atoms with van der Waals surface area (Å²) in [6.07, 6.45) is 1.48. The second kappa shape index (κ2) is 17.7. The zero-order chi connectivity index (χ0) is 49.7. The lowest BCUT2D eigenvalue weighted by atomic mass is 9.68. The molecule has 2 heterocycles. The van der Waals surface area contributed by atoms with E-state index < -0.39 is 11.7 Å². The third kappa shape index (κ3) is 7.98. The van der Waals surface area contributed by atoms with E-state index in [2.05, 4.69) is 198 Å². The van der Waals surface area contributed by atoms with E-state index in [1.807, 2.05) is 0 Å². The van der Waals surface area contributed by atoms with Crippen LogP contribution in [0.25, 0.3) is 21.5 Å². The Hall–Kier alpha value is -6.32. The number of aliphatic hydroxyl groups excluding tert-OH is 1. The molecule has 8 aromatic carbocycles. The highest BCUT2D eigenvalue weighted by Crippen LogP contribution is 2.60. The van der Waals surface area contributed by atoms with Crippen LogP contribution < -0.4 is 9.47 Å². The van der Waals surface area contributed by atoms with Crippen molar-refractivity contribution in [1.29, 1.82) is 0 Å². The minimum Gasteiger partial charge on any atom is -0.491 e. The highest BCUT2D eigenvalue weighted by atomic mass is 16.6. The first-order valence-corrected chi connectivity index (χ1v) is 26.4. The van der Waals surface area contributed by atoms with Gasteiger partial charge in [0.1, 0.15) is 48.6 Å². The maximum atomic E-state index is 11.4. The molecular formula is C66H64O7. The van der Waals surface area contributed by atoms with Crippen LogP contribution in [0.4, 0.5) is 0 Å². The Morgan fingerprint density at radius 1 is 0.562 bits per heavy atom. The lowest BCUT2D eigenvalue weighted by Crippen LogP contribution is -2.31. The van der Waals surface area contributed by atoms with Gasteiger partial charge in [-0.25, -0.2) is 0 Å². The maximum Gasteiger partial charge on any atom is 0.119 e. The van der Waals surface area contributed by atoms with Crippen LogP contribution in [0.2, 0.25) is 0 Å². The van der Waals surface area contributed by atoms with Crippen LogP contribution in [0.5, 0.6) is 11.5 Å². The number of ether oxygens (including phenoxy) is 6. The summed E-state index contributed by atoms with van der Waals surface area (Å²) in [7, 11) is 0. The molecule has 8 atom stereocenters. The fraction of sp³-hybridized carbons (Fsp3) is 0.333. The normalized spacial score (nSPS) is 25.8. The summed E-state index contributed by atoms with van der Waals surface area (Å²) < 4.78 is 36.3. The van der Waals surface area contributed by atoms with Gasteiger partial charge >= 0.3 is 0 Å². The highest BCUT2D eigenvalue weighted by Gasteiger charge is 2.52. The van der Waals surface area contributed by atoms with Crippen molar-refractivity contribution < 1.29 is 33.5 Å². The standard InChI is InChI=1S/C66H64O7/c1-41-33-65(47-20-27-52(28-21-47)69-37-53-38-70-53,61-55(41)29-14-43-10-6-8-12-57(43)61)46-18-16-45(17-19-46)63(3,4)72-36-50(67)35-68-51-25-22-48(23-26-51)66(34-42(2)56-30-15-44-11-7-9-13-58(44)62(56)66)49-24-31-59-60(32-49)64(59,5)73-40-54-39-71-54/h6-32,41-42,50,53-54,67H,33-40H2,1-5H3. The zero-order valence-electron chi connectivity index (χ0n) is 42.5. The van der Waals surface area contributed by atoms with Gasteiger partial charge in [-0.3, -0.25) is 0 Å². The van der Waals surface area contributed by atoms with Crippen LogP contribution in [0.1, 0.15) is 120 Å². The summed E-state index contributed by atoms with van der Waals surface area (Å²) in [5.74, 6) is 2.28. The average molecular weight is 969 g/mol. The molecule has 3 aliphatic carbocycles. The van der Waals surface area contributed by atoms with Gasteiger partial charge in [-0.05, 0) is 152 Å². The van der Waals surface area contributed by atoms with E-state index in [1.54, 1.807) is 0 Å². The van der Waals surface area contributed by atoms with E-state index in [-0.39, 0.29) is 41.9 Å². The van der Waals surface area contributed by atoms with E-state index >= 15 is 0 Å². The van der Waals surface area contributed by atoms with Gasteiger partial charge < -0.3 is 33.5 Å². The molecule has 8 aromatic rings. The van der Waals surface area contributed by atoms with Gasteiger partial charge in [0.05, 0.1) is 32.0 Å². The molecule has 0 bridgehead atoms. The second-order valence-corrected chi connectivity index (χ2v) is 22.3. The minimum atomic E-state index is -0.836. The molecular weight excluding hydrogens is 905 g/mol. The predicted molar refractivity (Wildman–Crippen MR) is 287 cm³/mol. The number of rotatable bonds is 17. The minimum absolute atomic E-state index is 0.103. The van der Waals surface area contributed by atoms with E-state index in [0.29, 0.717) is 30.8 Å². The van der Waals surface area contributed by atoms with Gasteiger partial charge in [-0.1, -0.05) is 153 Å². The highest BCUT2D eigenvalue weighted by molar-refractivity contribution is 5.92. The number of benzene rings is 8. The van der Waals surface area contributed by atoms with Gasteiger partial charge in [0.2, 0.25) is 0 Å². The first-order valence-electron chi connectivity index (χ1n) is 26.4. The SMILES string of the molecule is CC1CC(c2ccc(OCC3CO3)cc2)(c2ccc(C(C)(C)OCC(O)COc3ccc(C4(c5ccc6c(c5)C6(C)OCC5CO5)CC(C)c5ccc6ccccc6c54)cc3)cc2)c2c1ccc1ccccc21. The number of hydrogen-bond donors (Lipinski definition) is 1. The monoisotopic (exact) mass is 968 g/mol. The van der Waals surface area contributed by atoms with Crippen molar-refractivity contribution in [3.63, 3.8) is 0 Å². The molecule has 5 aliphatic rings. The van der Waals surface area contributed by atoms with Gasteiger partial charge in [0, 0.05) is 10.8 Å². The Morgan fingerprint density at radius 2 is 1.05 bits per heavy atom. The Labute approximate surface area is 429 Å². The zero-order valence-corrected chi connectivity index (χ0v) is 42.5. The summed E-state index contributed by atoms with van der Waals surface area (Å²) in [4.78, 5) is 0.